The summed E-state index contributed by atoms with van der Waals surface area (Å²) in [5, 5.41) is 3.41. The highest BCUT2D eigenvalue weighted by atomic mass is 35.5. The normalized spacial score (nSPS) is 11.0. The summed E-state index contributed by atoms with van der Waals surface area (Å²) in [5.74, 6) is 0.482. The molecule has 0 saturated heterocycles. The van der Waals surface area contributed by atoms with Crippen molar-refractivity contribution < 1.29 is 9.21 Å². The first-order chi connectivity index (χ1) is 13.5. The van der Waals surface area contributed by atoms with E-state index < -0.39 is 0 Å². The minimum atomic E-state index is -0.194. The van der Waals surface area contributed by atoms with Gasteiger partial charge in [-0.25, -0.2) is 4.98 Å². The molecule has 0 bridgehead atoms. The zero-order valence-electron chi connectivity index (χ0n) is 15.6. The Bertz CT molecular complexity index is 1120. The lowest BCUT2D eigenvalue weighted by Crippen LogP contribution is -2.11. The lowest BCUT2D eigenvalue weighted by molar-refractivity contribution is 0.102. The number of carbonyl (C=O) groups is 1. The molecular formula is C23H19ClN2O2. The molecular weight excluding hydrogens is 372 g/mol. The number of fused-ring (bicyclic) bond motifs is 1. The van der Waals surface area contributed by atoms with Crippen molar-refractivity contribution in [3.63, 3.8) is 0 Å². The van der Waals surface area contributed by atoms with Crippen LogP contribution in [0.4, 0.5) is 5.69 Å². The fourth-order valence-electron chi connectivity index (χ4n) is 3.02. The van der Waals surface area contributed by atoms with E-state index in [1.165, 1.54) is 11.1 Å². The number of aryl methyl sites for hydroxylation is 2. The molecule has 1 amide bonds. The molecule has 4 aromatic rings. The van der Waals surface area contributed by atoms with Gasteiger partial charge in [0.25, 0.3) is 5.91 Å². The highest BCUT2D eigenvalue weighted by Crippen LogP contribution is 2.22. The van der Waals surface area contributed by atoms with Gasteiger partial charge in [0.2, 0.25) is 0 Å². The number of oxazole rings is 1. The fourth-order valence-corrected chi connectivity index (χ4v) is 3.21. The van der Waals surface area contributed by atoms with Crippen LogP contribution in [0.1, 0.15) is 32.9 Å². The fraction of sp³-hybridized carbons (Fsp3) is 0.130. The molecule has 0 unspecified atom stereocenters. The minimum absolute atomic E-state index is 0.194. The van der Waals surface area contributed by atoms with Gasteiger partial charge in [-0.1, -0.05) is 29.8 Å². The van der Waals surface area contributed by atoms with E-state index in [1.807, 2.05) is 36.4 Å². The Morgan fingerprint density at radius 1 is 1.04 bits per heavy atom. The Morgan fingerprint density at radius 2 is 1.79 bits per heavy atom. The maximum absolute atomic E-state index is 12.3. The maximum atomic E-state index is 12.3. The van der Waals surface area contributed by atoms with Crippen LogP contribution in [-0.2, 0) is 6.42 Å². The summed E-state index contributed by atoms with van der Waals surface area (Å²) in [6, 6.07) is 18.6. The van der Waals surface area contributed by atoms with Gasteiger partial charge in [-0.15, -0.1) is 0 Å². The summed E-state index contributed by atoms with van der Waals surface area (Å²) in [6.45, 7) is 4.13. The molecule has 4 rings (SSSR count). The molecule has 0 spiro atoms. The van der Waals surface area contributed by atoms with Crippen LogP contribution >= 0.6 is 11.6 Å². The molecule has 28 heavy (non-hydrogen) atoms. The molecule has 0 fully saturated rings. The van der Waals surface area contributed by atoms with Crippen LogP contribution in [0, 0.1) is 13.8 Å². The first-order valence-electron chi connectivity index (χ1n) is 9.00. The number of nitrogens with one attached hydrogen (secondary N) is 1. The van der Waals surface area contributed by atoms with Crippen molar-refractivity contribution in [1.29, 1.82) is 0 Å². The van der Waals surface area contributed by atoms with E-state index in [1.54, 1.807) is 24.3 Å². The van der Waals surface area contributed by atoms with Gasteiger partial charge < -0.3 is 9.73 Å². The molecule has 3 aromatic carbocycles. The largest absolute Gasteiger partial charge is 0.440 e. The number of amides is 1. The summed E-state index contributed by atoms with van der Waals surface area (Å²) in [4.78, 5) is 16.9. The Balaban J connectivity index is 1.47. The van der Waals surface area contributed by atoms with E-state index in [2.05, 4.69) is 24.1 Å². The zero-order valence-corrected chi connectivity index (χ0v) is 16.4. The van der Waals surface area contributed by atoms with Gasteiger partial charge in [0.1, 0.15) is 5.52 Å². The van der Waals surface area contributed by atoms with Crippen LogP contribution in [0.3, 0.4) is 0 Å². The van der Waals surface area contributed by atoms with Crippen LogP contribution in [0.5, 0.6) is 0 Å². The number of nitrogens with zero attached hydrogens (tertiary/aromatic N) is 1. The van der Waals surface area contributed by atoms with Crippen molar-refractivity contribution in [2.75, 3.05) is 5.32 Å². The van der Waals surface area contributed by atoms with Gasteiger partial charge in [-0.2, -0.15) is 0 Å². The van der Waals surface area contributed by atoms with Crippen LogP contribution in [0.25, 0.3) is 11.1 Å². The molecule has 0 radical (unpaired) electrons. The Labute approximate surface area is 168 Å². The van der Waals surface area contributed by atoms with Crippen molar-refractivity contribution in [2.45, 2.75) is 20.3 Å². The predicted octanol–water partition coefficient (Wildman–Crippen LogP) is 5.94. The minimum Gasteiger partial charge on any atom is -0.440 e. The van der Waals surface area contributed by atoms with E-state index in [0.717, 1.165) is 22.4 Å². The van der Waals surface area contributed by atoms with Gasteiger partial charge in [0.15, 0.2) is 11.5 Å². The molecule has 0 saturated carbocycles. The number of hydrogen-bond donors (Lipinski definition) is 1. The third kappa shape index (κ3) is 3.92. The van der Waals surface area contributed by atoms with Gasteiger partial charge in [0, 0.05) is 22.7 Å². The third-order valence-corrected chi connectivity index (χ3v) is 4.94. The lowest BCUT2D eigenvalue weighted by atomic mass is 10.1. The number of aromatic nitrogens is 1. The number of anilines is 1. The van der Waals surface area contributed by atoms with E-state index in [0.29, 0.717) is 22.9 Å². The first-order valence-corrected chi connectivity index (χ1v) is 9.38. The number of carbonyl (C=O) groups excluding carboxylic acids is 1. The molecule has 1 heterocycles. The Morgan fingerprint density at radius 3 is 2.54 bits per heavy atom. The van der Waals surface area contributed by atoms with Crippen molar-refractivity contribution in [3.05, 3.63) is 93.8 Å². The number of rotatable bonds is 4. The molecule has 0 aliphatic heterocycles. The van der Waals surface area contributed by atoms with E-state index in [9.17, 15) is 4.79 Å². The highest BCUT2D eigenvalue weighted by Gasteiger charge is 2.10. The van der Waals surface area contributed by atoms with Crippen molar-refractivity contribution in [1.82, 2.24) is 4.98 Å². The SMILES string of the molecule is Cc1cc2nc(Cc3ccc(NC(=O)c4cccc(Cl)c4)cc3)oc2cc1C. The second-order valence-corrected chi connectivity index (χ2v) is 7.29. The van der Waals surface area contributed by atoms with Crippen molar-refractivity contribution in [3.8, 4) is 0 Å². The number of benzene rings is 3. The third-order valence-electron chi connectivity index (χ3n) is 4.70. The van der Waals surface area contributed by atoms with Gasteiger partial charge in [-0.05, 0) is 73.0 Å². The Hall–Kier alpha value is -3.11. The molecule has 0 atom stereocenters. The van der Waals surface area contributed by atoms with Crippen LogP contribution in [0.2, 0.25) is 5.02 Å². The smallest absolute Gasteiger partial charge is 0.255 e. The molecule has 1 aromatic heterocycles. The highest BCUT2D eigenvalue weighted by molar-refractivity contribution is 6.31. The quantitative estimate of drug-likeness (QED) is 0.469. The number of halogens is 1. The summed E-state index contributed by atoms with van der Waals surface area (Å²) in [7, 11) is 0. The summed E-state index contributed by atoms with van der Waals surface area (Å²) in [6.07, 6.45) is 0.593. The van der Waals surface area contributed by atoms with Gasteiger partial charge in [0.05, 0.1) is 0 Å². The van der Waals surface area contributed by atoms with Gasteiger partial charge in [-0.3, -0.25) is 4.79 Å². The van der Waals surface area contributed by atoms with E-state index in [-0.39, 0.29) is 5.91 Å². The second-order valence-electron chi connectivity index (χ2n) is 6.85. The van der Waals surface area contributed by atoms with E-state index in [4.69, 9.17) is 16.0 Å². The van der Waals surface area contributed by atoms with Crippen LogP contribution in [0.15, 0.2) is 65.1 Å². The van der Waals surface area contributed by atoms with Crippen molar-refractivity contribution >= 4 is 34.3 Å². The molecule has 0 aliphatic rings. The zero-order chi connectivity index (χ0) is 19.7. The second kappa shape index (κ2) is 7.49. The lowest BCUT2D eigenvalue weighted by Gasteiger charge is -2.06. The predicted molar refractivity (Wildman–Crippen MR) is 112 cm³/mol. The van der Waals surface area contributed by atoms with Crippen LogP contribution in [-0.4, -0.2) is 10.9 Å². The van der Waals surface area contributed by atoms with Crippen molar-refractivity contribution in [2.24, 2.45) is 0 Å². The molecule has 4 nitrogen and oxygen atoms in total. The Kier molecular flexibility index (Phi) is 4.88. The molecule has 140 valence electrons. The average Bonchev–Trinajstić information content (AvgIpc) is 3.04. The topological polar surface area (TPSA) is 55.1 Å². The molecule has 1 N–H and O–H groups in total. The maximum Gasteiger partial charge on any atom is 0.255 e. The molecule has 0 aliphatic carbocycles. The van der Waals surface area contributed by atoms with E-state index >= 15 is 0 Å². The summed E-state index contributed by atoms with van der Waals surface area (Å²) >= 11 is 5.94. The molecule has 5 heteroatoms. The number of hydrogen-bond acceptors (Lipinski definition) is 3. The van der Waals surface area contributed by atoms with Crippen LogP contribution < -0.4 is 5.32 Å². The standard InChI is InChI=1S/C23H19ClN2O2/c1-14-10-20-21(11-15(14)2)28-22(26-20)12-16-6-8-19(9-7-16)25-23(27)17-4-3-5-18(24)13-17/h3-11,13H,12H2,1-2H3,(H,25,27). The average molecular weight is 391 g/mol. The monoisotopic (exact) mass is 390 g/mol. The van der Waals surface area contributed by atoms with Gasteiger partial charge >= 0.3 is 0 Å². The summed E-state index contributed by atoms with van der Waals surface area (Å²) in [5.41, 5.74) is 6.38. The summed E-state index contributed by atoms with van der Waals surface area (Å²) < 4.78 is 5.88. The first kappa shape index (κ1) is 18.3.